The van der Waals surface area contributed by atoms with Crippen molar-refractivity contribution in [3.8, 4) is 11.3 Å². The van der Waals surface area contributed by atoms with E-state index in [9.17, 15) is 8.78 Å². The highest BCUT2D eigenvalue weighted by molar-refractivity contribution is 9.10. The van der Waals surface area contributed by atoms with E-state index in [1.54, 1.807) is 31.3 Å². The van der Waals surface area contributed by atoms with E-state index in [1.807, 2.05) is 0 Å². The van der Waals surface area contributed by atoms with Crippen LogP contribution in [0.4, 0.5) is 14.5 Å². The molecule has 1 heterocycles. The smallest absolute Gasteiger partial charge is 0.263 e. The zero-order valence-electron chi connectivity index (χ0n) is 11.5. The van der Waals surface area contributed by atoms with E-state index >= 15 is 0 Å². The molecule has 0 fully saturated rings. The van der Waals surface area contributed by atoms with Crippen molar-refractivity contribution in [2.45, 2.75) is 6.43 Å². The number of hydrogen-bond acceptors (Lipinski definition) is 1. The minimum atomic E-state index is -2.68. The topological polar surface area (TPSA) is 22.2 Å². The molecule has 0 aliphatic heterocycles. The third-order valence-corrected chi connectivity index (χ3v) is 4.11. The fourth-order valence-electron chi connectivity index (χ4n) is 2.58. The molecule has 0 aliphatic carbocycles. The van der Waals surface area contributed by atoms with Gasteiger partial charge >= 0.3 is 0 Å². The average molecular weight is 362 g/mol. The van der Waals surface area contributed by atoms with Gasteiger partial charge in [0, 0.05) is 18.2 Å². The van der Waals surface area contributed by atoms with Gasteiger partial charge in [-0.2, -0.15) is 5.10 Å². The van der Waals surface area contributed by atoms with Crippen LogP contribution in [0.25, 0.3) is 26.9 Å². The van der Waals surface area contributed by atoms with Crippen molar-refractivity contribution in [3.63, 3.8) is 0 Å². The summed E-state index contributed by atoms with van der Waals surface area (Å²) in [6.07, 6.45) is -1.14. The van der Waals surface area contributed by atoms with Gasteiger partial charge in [-0.3, -0.25) is 4.68 Å². The van der Waals surface area contributed by atoms with E-state index in [1.165, 1.54) is 16.9 Å². The molecular formula is C16H10BrF2N3. The summed E-state index contributed by atoms with van der Waals surface area (Å²) in [7, 11) is 1.66. The van der Waals surface area contributed by atoms with Crippen molar-refractivity contribution in [1.29, 1.82) is 0 Å². The molecule has 0 saturated carbocycles. The van der Waals surface area contributed by atoms with Crippen LogP contribution < -0.4 is 0 Å². The zero-order chi connectivity index (χ0) is 15.9. The Morgan fingerprint density at radius 2 is 2.05 bits per heavy atom. The van der Waals surface area contributed by atoms with Crippen LogP contribution in [0.5, 0.6) is 0 Å². The van der Waals surface area contributed by atoms with Gasteiger partial charge in [-0.05, 0) is 32.8 Å². The predicted octanol–water partition coefficient (Wildman–Crippen LogP) is 5.49. The van der Waals surface area contributed by atoms with Gasteiger partial charge in [0.2, 0.25) is 5.69 Å². The molecule has 0 unspecified atom stereocenters. The molecular weight excluding hydrogens is 352 g/mol. The highest BCUT2D eigenvalue weighted by atomic mass is 79.9. The third-order valence-electron chi connectivity index (χ3n) is 3.53. The van der Waals surface area contributed by atoms with E-state index in [0.29, 0.717) is 20.9 Å². The molecule has 6 heteroatoms. The molecule has 0 N–H and O–H groups in total. The number of aromatic nitrogens is 2. The maximum Gasteiger partial charge on any atom is 0.263 e. The lowest BCUT2D eigenvalue weighted by Gasteiger charge is -2.15. The molecule has 0 saturated heterocycles. The maximum absolute atomic E-state index is 13.6. The van der Waals surface area contributed by atoms with Crippen LogP contribution in [-0.2, 0) is 7.05 Å². The van der Waals surface area contributed by atoms with Gasteiger partial charge in [0.1, 0.15) is 0 Å². The van der Waals surface area contributed by atoms with Crippen molar-refractivity contribution in [2.75, 3.05) is 0 Å². The molecule has 0 spiro atoms. The fourth-order valence-corrected chi connectivity index (χ4v) is 3.13. The molecule has 1 aromatic heterocycles. The Morgan fingerprint density at radius 1 is 1.32 bits per heavy atom. The average Bonchev–Trinajstić information content (AvgIpc) is 2.84. The third kappa shape index (κ3) is 2.18. The van der Waals surface area contributed by atoms with Crippen LogP contribution in [0.3, 0.4) is 0 Å². The summed E-state index contributed by atoms with van der Waals surface area (Å²) < 4.78 is 29.2. The summed E-state index contributed by atoms with van der Waals surface area (Å²) in [4.78, 5) is 3.53. The van der Waals surface area contributed by atoms with Gasteiger partial charge < -0.3 is 0 Å². The van der Waals surface area contributed by atoms with Crippen molar-refractivity contribution < 1.29 is 8.78 Å². The number of benzene rings is 2. The second kappa shape index (κ2) is 5.50. The van der Waals surface area contributed by atoms with Crippen LogP contribution in [0.2, 0.25) is 0 Å². The zero-order valence-corrected chi connectivity index (χ0v) is 13.1. The van der Waals surface area contributed by atoms with Crippen LogP contribution in [0.15, 0.2) is 41.0 Å². The standard InChI is InChI=1S/C16H10BrF2N3/c1-20-14-10-6-4-3-5-9(10)7-11(16(18)19)13(14)15-12(17)8-21-22(15)2/h3-8,16H,2H3. The first-order valence-electron chi connectivity index (χ1n) is 6.43. The molecule has 3 nitrogen and oxygen atoms in total. The van der Waals surface area contributed by atoms with Gasteiger partial charge in [0.05, 0.1) is 22.9 Å². The summed E-state index contributed by atoms with van der Waals surface area (Å²) in [5, 5.41) is 5.36. The molecule has 0 radical (unpaired) electrons. The second-order valence-electron chi connectivity index (χ2n) is 4.79. The molecule has 110 valence electrons. The van der Waals surface area contributed by atoms with E-state index in [2.05, 4.69) is 25.9 Å². The van der Waals surface area contributed by atoms with E-state index in [0.717, 1.165) is 0 Å². The lowest BCUT2D eigenvalue weighted by Crippen LogP contribution is -1.99. The molecule has 0 bridgehead atoms. The number of alkyl halides is 2. The van der Waals surface area contributed by atoms with Crippen molar-refractivity contribution in [1.82, 2.24) is 9.78 Å². The summed E-state index contributed by atoms with van der Waals surface area (Å²) in [6, 6.07) is 8.51. The molecule has 22 heavy (non-hydrogen) atoms. The van der Waals surface area contributed by atoms with Crippen LogP contribution >= 0.6 is 15.9 Å². The summed E-state index contributed by atoms with van der Waals surface area (Å²) in [5.41, 5.74) is 0.773. The van der Waals surface area contributed by atoms with Crippen LogP contribution in [0.1, 0.15) is 12.0 Å². The molecule has 0 aliphatic rings. The number of hydrogen-bond donors (Lipinski definition) is 0. The van der Waals surface area contributed by atoms with Gasteiger partial charge in [0.25, 0.3) is 6.43 Å². The van der Waals surface area contributed by atoms with E-state index in [-0.39, 0.29) is 16.8 Å². The Morgan fingerprint density at radius 3 is 2.64 bits per heavy atom. The summed E-state index contributed by atoms with van der Waals surface area (Å²) in [5.74, 6) is 0. The SMILES string of the molecule is [C-]#[N+]c1c(-c2c(Br)cnn2C)c(C(F)F)cc2ccccc12. The highest BCUT2D eigenvalue weighted by Gasteiger charge is 2.24. The number of nitrogens with zero attached hydrogens (tertiary/aromatic N) is 3. The Bertz CT molecular complexity index is 890. The maximum atomic E-state index is 13.6. The molecule has 3 rings (SSSR count). The Hall–Kier alpha value is -2.26. The number of rotatable bonds is 2. The summed E-state index contributed by atoms with van der Waals surface area (Å²) >= 11 is 3.33. The van der Waals surface area contributed by atoms with Crippen LogP contribution in [-0.4, -0.2) is 9.78 Å². The Balaban J connectivity index is 2.52. The highest BCUT2D eigenvalue weighted by Crippen LogP contribution is 2.45. The minimum Gasteiger partial charge on any atom is -0.268 e. The molecule has 2 aromatic carbocycles. The first-order chi connectivity index (χ1) is 10.5. The largest absolute Gasteiger partial charge is 0.268 e. The predicted molar refractivity (Wildman–Crippen MR) is 85.1 cm³/mol. The van der Waals surface area contributed by atoms with Gasteiger partial charge in [-0.15, -0.1) is 0 Å². The lowest BCUT2D eigenvalue weighted by molar-refractivity contribution is 0.152. The van der Waals surface area contributed by atoms with Crippen molar-refractivity contribution in [2.24, 2.45) is 7.05 Å². The first-order valence-corrected chi connectivity index (χ1v) is 7.23. The van der Waals surface area contributed by atoms with Crippen molar-refractivity contribution >= 4 is 32.4 Å². The molecule has 0 atom stereocenters. The molecule has 3 aromatic rings. The fraction of sp³-hybridized carbons (Fsp3) is 0.125. The monoisotopic (exact) mass is 361 g/mol. The number of aryl methyl sites for hydroxylation is 1. The van der Waals surface area contributed by atoms with Gasteiger partial charge in [-0.25, -0.2) is 13.6 Å². The number of halogens is 3. The number of fused-ring (bicyclic) bond motifs is 1. The van der Waals surface area contributed by atoms with E-state index in [4.69, 9.17) is 6.57 Å². The normalized spacial score (nSPS) is 11.1. The Labute approximate surface area is 134 Å². The quantitative estimate of drug-likeness (QED) is 0.553. The molecule has 0 amide bonds. The Kier molecular flexibility index (Phi) is 3.67. The second-order valence-corrected chi connectivity index (χ2v) is 5.64. The lowest BCUT2D eigenvalue weighted by atomic mass is 9.96. The van der Waals surface area contributed by atoms with Crippen molar-refractivity contribution in [3.05, 3.63) is 58.0 Å². The minimum absolute atomic E-state index is 0.158. The van der Waals surface area contributed by atoms with Gasteiger partial charge in [-0.1, -0.05) is 24.3 Å². The van der Waals surface area contributed by atoms with Crippen LogP contribution in [0, 0.1) is 6.57 Å². The van der Waals surface area contributed by atoms with Gasteiger partial charge in [0.15, 0.2) is 0 Å². The van der Waals surface area contributed by atoms with E-state index < -0.39 is 6.43 Å². The first kappa shape index (κ1) is 14.7. The summed E-state index contributed by atoms with van der Waals surface area (Å²) in [6.45, 7) is 7.48.